The Morgan fingerprint density at radius 2 is 1.21 bits per heavy atom. The summed E-state index contributed by atoms with van der Waals surface area (Å²) < 4.78 is 21.4. The van der Waals surface area contributed by atoms with Crippen LogP contribution in [0.1, 0.15) is 57.6 Å². The largest absolute Gasteiger partial charge is 0.462 e. The molecule has 1 aromatic heterocycles. The van der Waals surface area contributed by atoms with Crippen molar-refractivity contribution in [1.29, 1.82) is 0 Å². The molecule has 0 unspecified atom stereocenters. The minimum Gasteiger partial charge on any atom is -0.462 e. The van der Waals surface area contributed by atoms with Gasteiger partial charge in [0, 0.05) is 22.1 Å². The molecule has 0 radical (unpaired) electrons. The third-order valence-electron chi connectivity index (χ3n) is 6.62. The Bertz CT molecular complexity index is 1590. The van der Waals surface area contributed by atoms with Crippen LogP contribution in [0.25, 0.3) is 22.1 Å². The predicted octanol–water partition coefficient (Wildman–Crippen LogP) is 6.83. The van der Waals surface area contributed by atoms with Crippen LogP contribution >= 0.6 is 0 Å². The summed E-state index contributed by atoms with van der Waals surface area (Å²) in [5, 5.41) is 0.773. The molecule has 0 amide bonds. The van der Waals surface area contributed by atoms with Crippen molar-refractivity contribution < 1.29 is 33.0 Å². The van der Waals surface area contributed by atoms with Gasteiger partial charge in [0.15, 0.2) is 0 Å². The minimum absolute atomic E-state index is 0.286. The third-order valence-corrected chi connectivity index (χ3v) is 6.62. The SMILES string of the molecule is C=C(C)C(=O)OCCCCc1cc2cc(-c3ccc(OC(=O)C(=C)C)cc3)c(=O)oc2cc1CCCCOC(=O)C(=C)C. The van der Waals surface area contributed by atoms with Crippen LogP contribution in [0.2, 0.25) is 0 Å². The van der Waals surface area contributed by atoms with Crippen LogP contribution in [0.15, 0.2) is 88.1 Å². The first-order valence-corrected chi connectivity index (χ1v) is 14.2. The zero-order valence-electron chi connectivity index (χ0n) is 25.1. The van der Waals surface area contributed by atoms with Gasteiger partial charge in [-0.15, -0.1) is 0 Å². The highest BCUT2D eigenvalue weighted by Gasteiger charge is 2.13. The first-order chi connectivity index (χ1) is 20.5. The van der Waals surface area contributed by atoms with Crippen LogP contribution in [0, 0.1) is 0 Å². The van der Waals surface area contributed by atoms with E-state index in [1.165, 1.54) is 0 Å². The standard InChI is InChI=1S/C35H38O8/c1-22(2)32(36)40-17-9-7-11-26-19-28-20-30(25-13-15-29(16-14-25)42-34(38)24(5)6)35(39)43-31(28)21-27(26)12-8-10-18-41-33(37)23(3)4/h13-16,19-21H,1,3,5,7-12,17-18H2,2,4,6H3. The lowest BCUT2D eigenvalue weighted by Gasteiger charge is -2.13. The van der Waals surface area contributed by atoms with Gasteiger partial charge >= 0.3 is 23.5 Å². The molecule has 43 heavy (non-hydrogen) atoms. The van der Waals surface area contributed by atoms with Crippen molar-refractivity contribution in [1.82, 2.24) is 0 Å². The van der Waals surface area contributed by atoms with Gasteiger partial charge in [-0.3, -0.25) is 0 Å². The number of carbonyl (C=O) groups excluding carboxylic acids is 3. The number of benzene rings is 2. The van der Waals surface area contributed by atoms with Gasteiger partial charge in [-0.1, -0.05) is 31.9 Å². The molecule has 0 saturated heterocycles. The Morgan fingerprint density at radius 1 is 0.698 bits per heavy atom. The molecule has 0 fully saturated rings. The third kappa shape index (κ3) is 9.67. The van der Waals surface area contributed by atoms with Crippen LogP contribution in [-0.2, 0) is 36.7 Å². The average Bonchev–Trinajstić information content (AvgIpc) is 2.96. The molecule has 3 aromatic rings. The molecule has 0 bridgehead atoms. The number of fused-ring (bicyclic) bond motifs is 1. The zero-order chi connectivity index (χ0) is 31.5. The molecule has 0 aliphatic rings. The minimum atomic E-state index is -0.525. The van der Waals surface area contributed by atoms with E-state index >= 15 is 0 Å². The highest BCUT2D eigenvalue weighted by atomic mass is 16.5. The van der Waals surface area contributed by atoms with Gasteiger partial charge in [0.1, 0.15) is 11.3 Å². The second-order valence-corrected chi connectivity index (χ2v) is 10.5. The number of ether oxygens (including phenoxy) is 3. The smallest absolute Gasteiger partial charge is 0.344 e. The summed E-state index contributed by atoms with van der Waals surface area (Å²) in [5.41, 5.74) is 4.15. The van der Waals surface area contributed by atoms with E-state index < -0.39 is 23.5 Å². The highest BCUT2D eigenvalue weighted by Crippen LogP contribution is 2.27. The topological polar surface area (TPSA) is 109 Å². The van der Waals surface area contributed by atoms with E-state index in [0.717, 1.165) is 35.8 Å². The summed E-state index contributed by atoms with van der Waals surface area (Å²) in [6.45, 7) is 16.2. The lowest BCUT2D eigenvalue weighted by molar-refractivity contribution is -0.139. The number of aryl methyl sites for hydroxylation is 2. The van der Waals surface area contributed by atoms with Gasteiger partial charge < -0.3 is 18.6 Å². The van der Waals surface area contributed by atoms with E-state index in [1.54, 1.807) is 51.1 Å². The lowest BCUT2D eigenvalue weighted by Crippen LogP contribution is -2.08. The van der Waals surface area contributed by atoms with Crippen molar-refractivity contribution >= 4 is 28.9 Å². The molecular weight excluding hydrogens is 548 g/mol. The van der Waals surface area contributed by atoms with Crippen LogP contribution < -0.4 is 10.4 Å². The monoisotopic (exact) mass is 586 g/mol. The molecular formula is C35H38O8. The quantitative estimate of drug-likeness (QED) is 0.0627. The molecule has 2 aromatic carbocycles. The van der Waals surface area contributed by atoms with E-state index in [-0.39, 0.29) is 5.57 Å². The predicted molar refractivity (Wildman–Crippen MR) is 166 cm³/mol. The van der Waals surface area contributed by atoms with Crippen LogP contribution in [0.4, 0.5) is 0 Å². The van der Waals surface area contributed by atoms with Crippen LogP contribution in [0.5, 0.6) is 5.75 Å². The number of hydrogen-bond acceptors (Lipinski definition) is 8. The molecule has 0 atom stereocenters. The summed E-state index contributed by atoms with van der Waals surface area (Å²) in [5.74, 6) is -0.984. The maximum atomic E-state index is 13.0. The van der Waals surface area contributed by atoms with Gasteiger partial charge in [0.05, 0.1) is 18.8 Å². The highest BCUT2D eigenvalue weighted by molar-refractivity contribution is 5.89. The summed E-state index contributed by atoms with van der Waals surface area (Å²) in [7, 11) is 0. The van der Waals surface area contributed by atoms with Crippen molar-refractivity contribution in [3.63, 3.8) is 0 Å². The summed E-state index contributed by atoms with van der Waals surface area (Å²) in [6, 6.07) is 12.3. The Hall–Kier alpha value is -4.72. The Morgan fingerprint density at radius 3 is 1.72 bits per heavy atom. The number of hydrogen-bond donors (Lipinski definition) is 0. The van der Waals surface area contributed by atoms with Gasteiger partial charge in [-0.2, -0.15) is 0 Å². The molecule has 226 valence electrons. The van der Waals surface area contributed by atoms with Crippen LogP contribution in [0.3, 0.4) is 0 Å². The molecule has 8 nitrogen and oxygen atoms in total. The van der Waals surface area contributed by atoms with Gasteiger partial charge in [-0.05, 0) is 106 Å². The molecule has 0 aliphatic heterocycles. The first kappa shape index (κ1) is 32.8. The molecule has 1 heterocycles. The molecule has 0 saturated carbocycles. The maximum absolute atomic E-state index is 13.0. The Labute approximate surface area is 251 Å². The molecule has 0 spiro atoms. The molecule has 0 aliphatic carbocycles. The fourth-order valence-electron chi connectivity index (χ4n) is 4.23. The molecule has 3 rings (SSSR count). The second-order valence-electron chi connectivity index (χ2n) is 10.5. The zero-order valence-corrected chi connectivity index (χ0v) is 25.1. The summed E-state index contributed by atoms with van der Waals surface area (Å²) in [4.78, 5) is 48.1. The van der Waals surface area contributed by atoms with Gasteiger partial charge in [0.2, 0.25) is 0 Å². The second kappa shape index (κ2) is 15.5. The van der Waals surface area contributed by atoms with E-state index in [2.05, 4.69) is 19.7 Å². The molecule has 8 heteroatoms. The average molecular weight is 587 g/mol. The number of rotatable bonds is 15. The first-order valence-electron chi connectivity index (χ1n) is 14.2. The number of unbranched alkanes of at least 4 members (excludes halogenated alkanes) is 2. The number of esters is 3. The van der Waals surface area contributed by atoms with Gasteiger partial charge in [0.25, 0.3) is 0 Å². The van der Waals surface area contributed by atoms with E-state index in [4.69, 9.17) is 18.6 Å². The maximum Gasteiger partial charge on any atom is 0.344 e. The number of carbonyl (C=O) groups is 3. The van der Waals surface area contributed by atoms with E-state index in [1.807, 2.05) is 12.1 Å². The van der Waals surface area contributed by atoms with Crippen molar-refractivity contribution in [3.05, 3.63) is 100 Å². The summed E-state index contributed by atoms with van der Waals surface area (Å²) in [6.07, 6.45) is 4.35. The van der Waals surface area contributed by atoms with E-state index in [9.17, 15) is 19.2 Å². The molecule has 0 N–H and O–H groups in total. The normalized spacial score (nSPS) is 10.7. The Kier molecular flexibility index (Phi) is 11.8. The van der Waals surface area contributed by atoms with Gasteiger partial charge in [-0.25, -0.2) is 19.2 Å². The van der Waals surface area contributed by atoms with Crippen molar-refractivity contribution in [2.75, 3.05) is 13.2 Å². The fraction of sp³-hybridized carbons (Fsp3) is 0.314. The Balaban J connectivity index is 1.81. The van der Waals surface area contributed by atoms with Crippen molar-refractivity contribution in [2.45, 2.75) is 59.3 Å². The van der Waals surface area contributed by atoms with E-state index in [0.29, 0.717) is 66.1 Å². The van der Waals surface area contributed by atoms with Crippen molar-refractivity contribution in [2.24, 2.45) is 0 Å². The van der Waals surface area contributed by atoms with Crippen LogP contribution in [-0.4, -0.2) is 31.1 Å². The summed E-state index contributed by atoms with van der Waals surface area (Å²) >= 11 is 0. The fourth-order valence-corrected chi connectivity index (χ4v) is 4.23. The van der Waals surface area contributed by atoms with Crippen molar-refractivity contribution in [3.8, 4) is 16.9 Å². The lowest BCUT2D eigenvalue weighted by atomic mass is 9.95.